The van der Waals surface area contributed by atoms with Crippen LogP contribution in [-0.2, 0) is 0 Å². The van der Waals surface area contributed by atoms with Gasteiger partial charge in [-0.15, -0.1) is 0 Å². The molecule has 0 spiro atoms. The van der Waals surface area contributed by atoms with E-state index in [1.807, 2.05) is 42.5 Å². The van der Waals surface area contributed by atoms with Gasteiger partial charge in [0, 0.05) is 16.7 Å². The maximum atomic E-state index is 5.31. The van der Waals surface area contributed by atoms with E-state index in [0.717, 1.165) is 73.0 Å². The predicted molar refractivity (Wildman–Crippen MR) is 213 cm³/mol. The highest BCUT2D eigenvalue weighted by Crippen LogP contribution is 2.32. The van der Waals surface area contributed by atoms with Crippen molar-refractivity contribution in [3.63, 3.8) is 0 Å². The van der Waals surface area contributed by atoms with Crippen LogP contribution in [0.5, 0.6) is 11.5 Å². The Labute approximate surface area is 304 Å². The first-order chi connectivity index (χ1) is 25.6. The maximum Gasteiger partial charge on any atom is 0.160 e. The first-order valence-electron chi connectivity index (χ1n) is 17.3. The molecule has 7 aromatic carbocycles. The molecule has 0 radical (unpaired) electrons. The molecule has 1 heterocycles. The van der Waals surface area contributed by atoms with Crippen molar-refractivity contribution in [1.29, 1.82) is 0 Å². The molecule has 0 saturated heterocycles. The van der Waals surface area contributed by atoms with E-state index < -0.39 is 0 Å². The molecule has 0 aliphatic rings. The Morgan fingerprint density at radius 1 is 0.288 bits per heavy atom. The summed E-state index contributed by atoms with van der Waals surface area (Å²) < 4.78 is 10.6. The quantitative estimate of drug-likeness (QED) is 0.153. The van der Waals surface area contributed by atoms with Crippen LogP contribution < -0.4 is 9.47 Å². The van der Waals surface area contributed by atoms with Gasteiger partial charge in [-0.25, -0.2) is 9.97 Å². The molecule has 0 aliphatic heterocycles. The number of benzene rings is 7. The van der Waals surface area contributed by atoms with E-state index in [4.69, 9.17) is 19.4 Å². The van der Waals surface area contributed by atoms with E-state index in [-0.39, 0.29) is 0 Å². The van der Waals surface area contributed by atoms with E-state index in [0.29, 0.717) is 5.82 Å². The maximum absolute atomic E-state index is 5.31. The zero-order valence-electron chi connectivity index (χ0n) is 29.0. The van der Waals surface area contributed by atoms with Gasteiger partial charge in [0.2, 0.25) is 0 Å². The van der Waals surface area contributed by atoms with Gasteiger partial charge in [-0.3, -0.25) is 0 Å². The zero-order chi connectivity index (χ0) is 35.3. The molecule has 4 nitrogen and oxygen atoms in total. The number of ether oxygens (including phenoxy) is 2. The van der Waals surface area contributed by atoms with Gasteiger partial charge < -0.3 is 9.47 Å². The van der Waals surface area contributed by atoms with Gasteiger partial charge >= 0.3 is 0 Å². The third-order valence-electron chi connectivity index (χ3n) is 9.40. The molecule has 0 unspecified atom stereocenters. The van der Waals surface area contributed by atoms with Gasteiger partial charge in [0.15, 0.2) is 5.82 Å². The number of aromatic nitrogens is 2. The molecule has 0 N–H and O–H groups in total. The highest BCUT2D eigenvalue weighted by molar-refractivity contribution is 5.77. The van der Waals surface area contributed by atoms with Crippen LogP contribution in [0.4, 0.5) is 0 Å². The molecule has 250 valence electrons. The summed E-state index contributed by atoms with van der Waals surface area (Å²) in [5, 5.41) is 0. The van der Waals surface area contributed by atoms with E-state index >= 15 is 0 Å². The molecular formula is C48H36N2O2. The Morgan fingerprint density at radius 2 is 0.558 bits per heavy atom. The van der Waals surface area contributed by atoms with E-state index in [1.54, 1.807) is 14.2 Å². The zero-order valence-corrected chi connectivity index (χ0v) is 29.0. The summed E-state index contributed by atoms with van der Waals surface area (Å²) in [6.07, 6.45) is 0. The van der Waals surface area contributed by atoms with Crippen LogP contribution in [0.15, 0.2) is 182 Å². The van der Waals surface area contributed by atoms with Crippen LogP contribution in [0.3, 0.4) is 0 Å². The highest BCUT2D eigenvalue weighted by atomic mass is 16.5. The average Bonchev–Trinajstić information content (AvgIpc) is 3.24. The minimum absolute atomic E-state index is 0.699. The van der Waals surface area contributed by atoms with E-state index in [9.17, 15) is 0 Å². The van der Waals surface area contributed by atoms with Gasteiger partial charge in [0.05, 0.1) is 25.6 Å². The number of nitrogens with zero attached hydrogens (tertiary/aromatic N) is 2. The van der Waals surface area contributed by atoms with Gasteiger partial charge in [-0.05, 0) is 74.8 Å². The standard InChI is InChI=1S/C48H36N2O2/c1-51-44-28-24-39(25-29-44)35-12-8-33(9-13-35)37-16-20-41(21-17-37)46-32-47(50-48(49-46)43-6-4-3-5-7-43)42-22-18-38(19-23-42)34-10-14-36(15-11-34)40-26-30-45(52-2)31-27-40/h3-32H,1-2H3. The molecule has 4 heteroatoms. The first kappa shape index (κ1) is 32.4. The average molecular weight is 673 g/mol. The van der Waals surface area contributed by atoms with Gasteiger partial charge in [-0.2, -0.15) is 0 Å². The van der Waals surface area contributed by atoms with Crippen molar-refractivity contribution < 1.29 is 9.47 Å². The lowest BCUT2D eigenvalue weighted by molar-refractivity contribution is 0.415. The minimum atomic E-state index is 0.699. The van der Waals surface area contributed by atoms with Crippen molar-refractivity contribution in [2.24, 2.45) is 0 Å². The van der Waals surface area contributed by atoms with Crippen molar-refractivity contribution >= 4 is 0 Å². The Balaban J connectivity index is 1.06. The lowest BCUT2D eigenvalue weighted by Crippen LogP contribution is -1.96. The Morgan fingerprint density at radius 3 is 0.846 bits per heavy atom. The smallest absolute Gasteiger partial charge is 0.160 e. The summed E-state index contributed by atoms with van der Waals surface area (Å²) in [5.41, 5.74) is 14.1. The number of methoxy groups -OCH3 is 2. The second kappa shape index (κ2) is 14.6. The van der Waals surface area contributed by atoms with Crippen LogP contribution in [0, 0.1) is 0 Å². The molecule has 0 bridgehead atoms. The number of hydrogen-bond acceptors (Lipinski definition) is 4. The summed E-state index contributed by atoms with van der Waals surface area (Å²) in [4.78, 5) is 10.1. The summed E-state index contributed by atoms with van der Waals surface area (Å²) in [5.74, 6) is 2.41. The summed E-state index contributed by atoms with van der Waals surface area (Å²) in [7, 11) is 3.37. The van der Waals surface area contributed by atoms with Crippen LogP contribution in [0.1, 0.15) is 0 Å². The summed E-state index contributed by atoms with van der Waals surface area (Å²) in [6, 6.07) is 63.1. The van der Waals surface area contributed by atoms with Gasteiger partial charge in [-0.1, -0.05) is 152 Å². The number of rotatable bonds is 9. The fourth-order valence-corrected chi connectivity index (χ4v) is 6.40. The van der Waals surface area contributed by atoms with Crippen LogP contribution >= 0.6 is 0 Å². The second-order valence-electron chi connectivity index (χ2n) is 12.6. The molecular weight excluding hydrogens is 637 g/mol. The van der Waals surface area contributed by atoms with Crippen molar-refractivity contribution in [1.82, 2.24) is 9.97 Å². The highest BCUT2D eigenvalue weighted by Gasteiger charge is 2.12. The monoisotopic (exact) mass is 672 g/mol. The SMILES string of the molecule is COc1ccc(-c2ccc(-c3ccc(-c4cc(-c5ccc(-c6ccc(-c7ccc(OC)cc7)cc6)cc5)nc(-c5ccccc5)n4)cc3)cc2)cc1. The third-order valence-corrected chi connectivity index (χ3v) is 9.40. The Hall–Kier alpha value is -6.78. The van der Waals surface area contributed by atoms with Crippen molar-refractivity contribution in [2.75, 3.05) is 14.2 Å². The minimum Gasteiger partial charge on any atom is -0.497 e. The summed E-state index contributed by atoms with van der Waals surface area (Å²) in [6.45, 7) is 0. The molecule has 52 heavy (non-hydrogen) atoms. The van der Waals surface area contributed by atoms with E-state index in [2.05, 4.69) is 140 Å². The molecule has 8 rings (SSSR count). The lowest BCUT2D eigenvalue weighted by Gasteiger charge is -2.11. The van der Waals surface area contributed by atoms with Gasteiger partial charge in [0.1, 0.15) is 11.5 Å². The molecule has 0 amide bonds. The Bertz CT molecular complexity index is 2250. The number of hydrogen-bond donors (Lipinski definition) is 0. The molecule has 0 saturated carbocycles. The van der Waals surface area contributed by atoms with Crippen LogP contribution in [-0.4, -0.2) is 24.2 Å². The third kappa shape index (κ3) is 6.96. The molecule has 8 aromatic rings. The fraction of sp³-hybridized carbons (Fsp3) is 0.0417. The van der Waals surface area contributed by atoms with Crippen LogP contribution in [0.25, 0.3) is 78.4 Å². The summed E-state index contributed by atoms with van der Waals surface area (Å²) >= 11 is 0. The van der Waals surface area contributed by atoms with E-state index in [1.165, 1.54) is 11.1 Å². The van der Waals surface area contributed by atoms with Crippen molar-refractivity contribution in [3.05, 3.63) is 182 Å². The molecule has 0 aliphatic carbocycles. The molecule has 0 fully saturated rings. The predicted octanol–water partition coefficient (Wildman–Crippen LogP) is 12.2. The Kier molecular flexibility index (Phi) is 9.10. The van der Waals surface area contributed by atoms with Crippen molar-refractivity contribution in [3.8, 4) is 89.9 Å². The molecule has 0 atom stereocenters. The topological polar surface area (TPSA) is 44.2 Å². The lowest BCUT2D eigenvalue weighted by atomic mass is 9.98. The van der Waals surface area contributed by atoms with Gasteiger partial charge in [0.25, 0.3) is 0 Å². The normalized spacial score (nSPS) is 10.9. The molecule has 1 aromatic heterocycles. The first-order valence-corrected chi connectivity index (χ1v) is 17.3. The van der Waals surface area contributed by atoms with Crippen LogP contribution in [0.2, 0.25) is 0 Å². The second-order valence-corrected chi connectivity index (χ2v) is 12.6. The largest absolute Gasteiger partial charge is 0.497 e. The fourth-order valence-electron chi connectivity index (χ4n) is 6.40. The van der Waals surface area contributed by atoms with Crippen molar-refractivity contribution in [2.45, 2.75) is 0 Å².